The second-order valence-electron chi connectivity index (χ2n) is 6.46. The van der Waals surface area contributed by atoms with E-state index < -0.39 is 28.5 Å². The minimum atomic E-state index is -3.79. The molecule has 0 spiro atoms. The van der Waals surface area contributed by atoms with Gasteiger partial charge in [0.25, 0.3) is 5.91 Å². The third-order valence-electron chi connectivity index (χ3n) is 4.20. The number of hydrogen-bond acceptors (Lipinski definition) is 6. The van der Waals surface area contributed by atoms with Crippen molar-refractivity contribution in [2.24, 2.45) is 0 Å². The Morgan fingerprint density at radius 1 is 1.19 bits per heavy atom. The monoisotopic (exact) mass is 398 g/mol. The average molecular weight is 398 g/mol. The summed E-state index contributed by atoms with van der Waals surface area (Å²) in [5, 5.41) is 2.62. The highest BCUT2D eigenvalue weighted by Gasteiger charge is 2.30. The van der Waals surface area contributed by atoms with E-state index in [0.717, 1.165) is 19.3 Å². The Labute approximate surface area is 159 Å². The summed E-state index contributed by atoms with van der Waals surface area (Å²) in [4.78, 5) is 24.1. The van der Waals surface area contributed by atoms with Gasteiger partial charge in [-0.15, -0.1) is 0 Å². The summed E-state index contributed by atoms with van der Waals surface area (Å²) >= 11 is 0. The van der Waals surface area contributed by atoms with Crippen molar-refractivity contribution in [2.75, 3.05) is 33.4 Å². The number of nitrogens with one attached hydrogen (secondary N) is 1. The van der Waals surface area contributed by atoms with Gasteiger partial charge in [0.2, 0.25) is 10.0 Å². The largest absolute Gasteiger partial charge is 0.452 e. The Hall–Kier alpha value is -1.97. The third kappa shape index (κ3) is 5.75. The molecule has 1 aromatic carbocycles. The van der Waals surface area contributed by atoms with Crippen molar-refractivity contribution in [1.29, 1.82) is 0 Å². The maximum Gasteiger partial charge on any atom is 0.340 e. The predicted molar refractivity (Wildman–Crippen MR) is 98.8 cm³/mol. The second-order valence-corrected chi connectivity index (χ2v) is 8.37. The SMILES string of the molecule is COCC(C)NC(=O)COC(=O)c1ccccc1S(=O)(=O)N1CCCCC1. The highest BCUT2D eigenvalue weighted by Crippen LogP contribution is 2.24. The molecule has 9 heteroatoms. The summed E-state index contributed by atoms with van der Waals surface area (Å²) in [7, 11) is -2.27. The van der Waals surface area contributed by atoms with Crippen LogP contribution in [0.3, 0.4) is 0 Å². The Morgan fingerprint density at radius 3 is 2.52 bits per heavy atom. The molecule has 1 aromatic rings. The van der Waals surface area contributed by atoms with Gasteiger partial charge in [-0.1, -0.05) is 18.6 Å². The third-order valence-corrected chi connectivity index (χ3v) is 6.16. The first-order chi connectivity index (χ1) is 12.9. The van der Waals surface area contributed by atoms with Crippen LogP contribution in [-0.2, 0) is 24.3 Å². The van der Waals surface area contributed by atoms with Crippen LogP contribution in [0.15, 0.2) is 29.2 Å². The number of sulfonamides is 1. The second kappa shape index (κ2) is 9.82. The first-order valence-corrected chi connectivity index (χ1v) is 10.3. The molecule has 0 bridgehead atoms. The number of rotatable bonds is 8. The van der Waals surface area contributed by atoms with Crippen molar-refractivity contribution in [3.8, 4) is 0 Å². The van der Waals surface area contributed by atoms with Crippen LogP contribution in [0.2, 0.25) is 0 Å². The lowest BCUT2D eigenvalue weighted by Gasteiger charge is -2.26. The lowest BCUT2D eigenvalue weighted by molar-refractivity contribution is -0.125. The number of piperidine rings is 1. The van der Waals surface area contributed by atoms with Crippen LogP contribution >= 0.6 is 0 Å². The van der Waals surface area contributed by atoms with E-state index in [0.29, 0.717) is 19.7 Å². The van der Waals surface area contributed by atoms with Gasteiger partial charge in [0.15, 0.2) is 6.61 Å². The first-order valence-electron chi connectivity index (χ1n) is 8.91. The number of benzene rings is 1. The molecule has 2 rings (SSSR count). The van der Waals surface area contributed by atoms with E-state index >= 15 is 0 Å². The molecule has 8 nitrogen and oxygen atoms in total. The van der Waals surface area contributed by atoms with E-state index in [1.807, 2.05) is 0 Å². The molecule has 1 atom stereocenters. The number of esters is 1. The van der Waals surface area contributed by atoms with Gasteiger partial charge in [-0.05, 0) is 31.9 Å². The standard InChI is InChI=1S/C18H26N2O6S/c1-14(12-25-2)19-17(21)13-26-18(22)15-8-4-5-9-16(15)27(23,24)20-10-6-3-7-11-20/h4-5,8-9,14H,3,6-7,10-13H2,1-2H3,(H,19,21). The summed E-state index contributed by atoms with van der Waals surface area (Å²) < 4.78 is 37.1. The average Bonchev–Trinajstić information content (AvgIpc) is 2.67. The van der Waals surface area contributed by atoms with Crippen LogP contribution < -0.4 is 5.32 Å². The van der Waals surface area contributed by atoms with Crippen LogP contribution in [0.1, 0.15) is 36.5 Å². The van der Waals surface area contributed by atoms with E-state index in [1.54, 1.807) is 19.1 Å². The minimum Gasteiger partial charge on any atom is -0.452 e. The van der Waals surface area contributed by atoms with Gasteiger partial charge in [0.1, 0.15) is 0 Å². The molecule has 1 aliphatic heterocycles. The Kier molecular flexibility index (Phi) is 7.76. The van der Waals surface area contributed by atoms with E-state index in [9.17, 15) is 18.0 Å². The molecule has 0 aromatic heterocycles. The summed E-state index contributed by atoms with van der Waals surface area (Å²) in [5.41, 5.74) is -0.0687. The van der Waals surface area contributed by atoms with Crippen LogP contribution in [0.4, 0.5) is 0 Å². The van der Waals surface area contributed by atoms with Crippen molar-refractivity contribution in [3.63, 3.8) is 0 Å². The number of nitrogens with zero attached hydrogens (tertiary/aromatic N) is 1. The lowest BCUT2D eigenvalue weighted by atomic mass is 10.2. The molecule has 0 saturated carbocycles. The van der Waals surface area contributed by atoms with Crippen molar-refractivity contribution < 1.29 is 27.5 Å². The molecule has 1 N–H and O–H groups in total. The fourth-order valence-electron chi connectivity index (χ4n) is 2.92. The van der Waals surface area contributed by atoms with Crippen LogP contribution in [0, 0.1) is 0 Å². The van der Waals surface area contributed by atoms with Gasteiger partial charge in [-0.25, -0.2) is 13.2 Å². The maximum absolute atomic E-state index is 12.9. The summed E-state index contributed by atoms with van der Waals surface area (Å²) in [6, 6.07) is 5.68. The Bertz CT molecular complexity index is 759. The number of methoxy groups -OCH3 is 1. The zero-order valence-electron chi connectivity index (χ0n) is 15.6. The summed E-state index contributed by atoms with van der Waals surface area (Å²) in [6.07, 6.45) is 2.59. The molecule has 0 radical (unpaired) electrons. The molecule has 0 aliphatic carbocycles. The van der Waals surface area contributed by atoms with E-state index in [2.05, 4.69) is 5.32 Å². The Balaban J connectivity index is 2.08. The van der Waals surface area contributed by atoms with Crippen molar-refractivity contribution in [1.82, 2.24) is 9.62 Å². The Morgan fingerprint density at radius 2 is 1.85 bits per heavy atom. The number of carbonyl (C=O) groups excluding carboxylic acids is 2. The molecular weight excluding hydrogens is 372 g/mol. The van der Waals surface area contributed by atoms with Gasteiger partial charge in [0.05, 0.1) is 17.1 Å². The minimum absolute atomic E-state index is 0.0687. The highest BCUT2D eigenvalue weighted by molar-refractivity contribution is 7.89. The van der Waals surface area contributed by atoms with Crippen LogP contribution in [-0.4, -0.2) is 64.1 Å². The van der Waals surface area contributed by atoms with Crippen LogP contribution in [0.5, 0.6) is 0 Å². The zero-order valence-corrected chi connectivity index (χ0v) is 16.5. The van der Waals surface area contributed by atoms with Crippen molar-refractivity contribution in [3.05, 3.63) is 29.8 Å². The zero-order chi connectivity index (χ0) is 19.9. The lowest BCUT2D eigenvalue weighted by Crippen LogP contribution is -2.38. The maximum atomic E-state index is 12.9. The van der Waals surface area contributed by atoms with Gasteiger partial charge in [-0.2, -0.15) is 4.31 Å². The molecule has 1 heterocycles. The topological polar surface area (TPSA) is 102 Å². The van der Waals surface area contributed by atoms with E-state index in [-0.39, 0.29) is 16.5 Å². The quantitative estimate of drug-likeness (QED) is 0.660. The smallest absolute Gasteiger partial charge is 0.340 e. The highest BCUT2D eigenvalue weighted by atomic mass is 32.2. The molecule has 27 heavy (non-hydrogen) atoms. The van der Waals surface area contributed by atoms with Crippen molar-refractivity contribution >= 4 is 21.9 Å². The molecule has 1 amide bonds. The van der Waals surface area contributed by atoms with Crippen LogP contribution in [0.25, 0.3) is 0 Å². The molecular formula is C18H26N2O6S. The molecule has 1 aliphatic rings. The molecule has 1 saturated heterocycles. The first kappa shape index (κ1) is 21.3. The van der Waals surface area contributed by atoms with Gasteiger partial charge in [-0.3, -0.25) is 4.79 Å². The fraction of sp³-hybridized carbons (Fsp3) is 0.556. The number of amides is 1. The molecule has 150 valence electrons. The molecule has 1 unspecified atom stereocenters. The van der Waals surface area contributed by atoms with Crippen molar-refractivity contribution in [2.45, 2.75) is 37.1 Å². The summed E-state index contributed by atoms with van der Waals surface area (Å²) in [6.45, 7) is 2.46. The normalized spacial score (nSPS) is 16.5. The number of hydrogen-bond donors (Lipinski definition) is 1. The molecule has 1 fully saturated rings. The number of carbonyl (C=O) groups is 2. The van der Waals surface area contributed by atoms with Gasteiger partial charge in [0, 0.05) is 26.2 Å². The number of ether oxygens (including phenoxy) is 2. The van der Waals surface area contributed by atoms with Gasteiger partial charge < -0.3 is 14.8 Å². The predicted octanol–water partition coefficient (Wildman–Crippen LogP) is 1.17. The summed E-state index contributed by atoms with van der Waals surface area (Å²) in [5.74, 6) is -1.33. The fourth-order valence-corrected chi connectivity index (χ4v) is 4.62. The van der Waals surface area contributed by atoms with E-state index in [4.69, 9.17) is 9.47 Å². The van der Waals surface area contributed by atoms with Gasteiger partial charge >= 0.3 is 5.97 Å². The van der Waals surface area contributed by atoms with E-state index in [1.165, 1.54) is 23.5 Å².